The van der Waals surface area contributed by atoms with Crippen LogP contribution in [0.2, 0.25) is 0 Å². The van der Waals surface area contributed by atoms with E-state index in [0.717, 1.165) is 10.5 Å². The van der Waals surface area contributed by atoms with E-state index in [2.05, 4.69) is 10.1 Å². The summed E-state index contributed by atoms with van der Waals surface area (Å²) in [6.07, 6.45) is -4.73. The first-order valence-electron chi connectivity index (χ1n) is 8.80. The van der Waals surface area contributed by atoms with Crippen LogP contribution in [0.15, 0.2) is 89.8 Å². The summed E-state index contributed by atoms with van der Waals surface area (Å²) < 4.78 is 40.6. The molecule has 3 rings (SSSR count). The summed E-state index contributed by atoms with van der Waals surface area (Å²) in [6, 6.07) is 24.5. The number of alkyl halides is 3. The summed E-state index contributed by atoms with van der Waals surface area (Å²) in [6.45, 7) is 0.198. The first kappa shape index (κ1) is 20.8. The molecule has 0 aromatic heterocycles. The summed E-state index contributed by atoms with van der Waals surface area (Å²) in [5, 5.41) is 2.41. The van der Waals surface area contributed by atoms with Gasteiger partial charge in [0.15, 0.2) is 0 Å². The molecule has 0 aliphatic rings. The van der Waals surface area contributed by atoms with E-state index >= 15 is 0 Å². The van der Waals surface area contributed by atoms with Gasteiger partial charge in [-0.1, -0.05) is 60.7 Å². The largest absolute Gasteiger partial charge is 0.573 e. The first-order valence-corrected chi connectivity index (χ1v) is 9.68. The molecular weight excluding hydrogens is 399 g/mol. The Balaban J connectivity index is 1.67. The normalized spacial score (nSPS) is 12.2. The molecule has 0 saturated heterocycles. The lowest BCUT2D eigenvalue weighted by molar-refractivity contribution is -0.274. The molecule has 1 atom stereocenters. The molecule has 0 bridgehead atoms. The lowest BCUT2D eigenvalue weighted by Gasteiger charge is -2.17. The van der Waals surface area contributed by atoms with Crippen LogP contribution in [0.25, 0.3) is 0 Å². The molecule has 0 aliphatic carbocycles. The number of halogens is 3. The van der Waals surface area contributed by atoms with E-state index in [-0.39, 0.29) is 18.2 Å². The summed E-state index contributed by atoms with van der Waals surface area (Å²) in [5.41, 5.74) is 1.54. The molecule has 0 fully saturated rings. The third kappa shape index (κ3) is 6.57. The minimum atomic E-state index is -4.73. The zero-order valence-corrected chi connectivity index (χ0v) is 16.0. The van der Waals surface area contributed by atoms with E-state index < -0.39 is 11.6 Å². The molecule has 1 amide bonds. The minimum Gasteiger partial charge on any atom is -0.406 e. The number of benzene rings is 3. The van der Waals surface area contributed by atoms with Crippen LogP contribution in [-0.4, -0.2) is 12.3 Å². The van der Waals surface area contributed by atoms with Gasteiger partial charge in [0.2, 0.25) is 5.91 Å². The van der Waals surface area contributed by atoms with E-state index in [4.69, 9.17) is 0 Å². The highest BCUT2D eigenvalue weighted by Gasteiger charge is 2.31. The van der Waals surface area contributed by atoms with Crippen molar-refractivity contribution in [2.24, 2.45) is 0 Å². The second-order valence-corrected chi connectivity index (χ2v) is 7.31. The second kappa shape index (κ2) is 9.52. The standard InChI is InChI=1S/C22H18F3NO2S/c23-22(24,25)28-18-13-11-16(12-14-18)15-26-21(27)20(17-7-3-1-4-8-17)29-19-9-5-2-6-10-19/h1-14,20H,15H2,(H,26,27)/t20-/m0/s1. The van der Waals surface area contributed by atoms with Crippen LogP contribution in [0.3, 0.4) is 0 Å². The van der Waals surface area contributed by atoms with Crippen molar-refractivity contribution in [3.63, 3.8) is 0 Å². The van der Waals surface area contributed by atoms with Crippen molar-refractivity contribution in [2.45, 2.75) is 23.1 Å². The third-order valence-corrected chi connectivity index (χ3v) is 5.23. The van der Waals surface area contributed by atoms with Crippen LogP contribution in [0.5, 0.6) is 5.75 Å². The van der Waals surface area contributed by atoms with Crippen molar-refractivity contribution < 1.29 is 22.7 Å². The smallest absolute Gasteiger partial charge is 0.406 e. The summed E-state index contributed by atoms with van der Waals surface area (Å²) in [4.78, 5) is 13.8. The van der Waals surface area contributed by atoms with Crippen molar-refractivity contribution in [3.05, 3.63) is 96.1 Å². The van der Waals surface area contributed by atoms with E-state index in [1.165, 1.54) is 36.0 Å². The van der Waals surface area contributed by atoms with E-state index in [1.54, 1.807) is 0 Å². The summed E-state index contributed by atoms with van der Waals surface area (Å²) in [5.74, 6) is -0.477. The number of thioether (sulfide) groups is 1. The summed E-state index contributed by atoms with van der Waals surface area (Å²) in [7, 11) is 0. The van der Waals surface area contributed by atoms with E-state index in [0.29, 0.717) is 5.56 Å². The molecule has 0 heterocycles. The minimum absolute atomic E-state index is 0.180. The van der Waals surface area contributed by atoms with Gasteiger partial charge in [0, 0.05) is 11.4 Å². The number of nitrogens with one attached hydrogen (secondary N) is 1. The molecule has 29 heavy (non-hydrogen) atoms. The fourth-order valence-electron chi connectivity index (χ4n) is 2.63. The zero-order valence-electron chi connectivity index (χ0n) is 15.2. The lowest BCUT2D eigenvalue weighted by atomic mass is 10.1. The molecule has 150 valence electrons. The fourth-order valence-corrected chi connectivity index (χ4v) is 3.70. The van der Waals surface area contributed by atoms with E-state index in [1.807, 2.05) is 60.7 Å². The van der Waals surface area contributed by atoms with Gasteiger partial charge in [-0.2, -0.15) is 0 Å². The number of rotatable bonds is 7. The average molecular weight is 417 g/mol. The predicted octanol–water partition coefficient (Wildman–Crippen LogP) is 5.74. The van der Waals surface area contributed by atoms with Crippen LogP contribution < -0.4 is 10.1 Å². The maximum atomic E-state index is 12.9. The first-order chi connectivity index (χ1) is 13.9. The Labute approximate surface area is 170 Å². The van der Waals surface area contributed by atoms with E-state index in [9.17, 15) is 18.0 Å². The molecule has 0 spiro atoms. The summed E-state index contributed by atoms with van der Waals surface area (Å²) >= 11 is 1.44. The molecule has 0 aliphatic heterocycles. The zero-order chi connectivity index (χ0) is 20.7. The number of carbonyl (C=O) groups is 1. The maximum Gasteiger partial charge on any atom is 0.573 e. The Hall–Kier alpha value is -2.93. The van der Waals surface area contributed by atoms with Crippen molar-refractivity contribution in [1.82, 2.24) is 5.32 Å². The molecule has 7 heteroatoms. The van der Waals surface area contributed by atoms with Crippen molar-refractivity contribution in [2.75, 3.05) is 0 Å². The van der Waals surface area contributed by atoms with Gasteiger partial charge in [0.1, 0.15) is 11.0 Å². The molecule has 0 unspecified atom stereocenters. The lowest BCUT2D eigenvalue weighted by Crippen LogP contribution is -2.27. The average Bonchev–Trinajstić information content (AvgIpc) is 2.71. The number of carbonyl (C=O) groups excluding carboxylic acids is 1. The van der Waals surface area contributed by atoms with Crippen LogP contribution >= 0.6 is 11.8 Å². The predicted molar refractivity (Wildman–Crippen MR) is 106 cm³/mol. The van der Waals surface area contributed by atoms with Gasteiger partial charge in [-0.25, -0.2) is 0 Å². The molecular formula is C22H18F3NO2S. The molecule has 3 nitrogen and oxygen atoms in total. The van der Waals surface area contributed by atoms with Crippen LogP contribution in [0.1, 0.15) is 16.4 Å². The van der Waals surface area contributed by atoms with Crippen LogP contribution in [0.4, 0.5) is 13.2 Å². The highest BCUT2D eigenvalue weighted by molar-refractivity contribution is 8.00. The van der Waals surface area contributed by atoms with Gasteiger partial charge in [0.25, 0.3) is 0 Å². The number of amides is 1. The van der Waals surface area contributed by atoms with Gasteiger partial charge < -0.3 is 10.1 Å². The maximum absolute atomic E-state index is 12.9. The fraction of sp³-hybridized carbons (Fsp3) is 0.136. The number of hydrogen-bond donors (Lipinski definition) is 1. The van der Waals surface area contributed by atoms with Crippen molar-refractivity contribution in [3.8, 4) is 5.75 Å². The highest BCUT2D eigenvalue weighted by Crippen LogP contribution is 2.35. The van der Waals surface area contributed by atoms with Gasteiger partial charge in [-0.05, 0) is 35.4 Å². The molecule has 0 radical (unpaired) electrons. The third-order valence-electron chi connectivity index (χ3n) is 3.96. The Bertz CT molecular complexity index is 916. The Morgan fingerprint density at radius 3 is 2.07 bits per heavy atom. The molecule has 3 aromatic rings. The number of hydrogen-bond acceptors (Lipinski definition) is 3. The number of ether oxygens (including phenoxy) is 1. The molecule has 1 N–H and O–H groups in total. The molecule has 3 aromatic carbocycles. The Kier molecular flexibility index (Phi) is 6.82. The van der Waals surface area contributed by atoms with Gasteiger partial charge in [-0.3, -0.25) is 4.79 Å². The highest BCUT2D eigenvalue weighted by atomic mass is 32.2. The van der Waals surface area contributed by atoms with Gasteiger partial charge >= 0.3 is 6.36 Å². The second-order valence-electron chi connectivity index (χ2n) is 6.13. The van der Waals surface area contributed by atoms with Crippen molar-refractivity contribution in [1.29, 1.82) is 0 Å². The van der Waals surface area contributed by atoms with Gasteiger partial charge in [-0.15, -0.1) is 24.9 Å². The monoisotopic (exact) mass is 417 g/mol. The SMILES string of the molecule is O=C(NCc1ccc(OC(F)(F)F)cc1)[C@@H](Sc1ccccc1)c1ccccc1. The molecule has 0 saturated carbocycles. The van der Waals surface area contributed by atoms with Crippen LogP contribution in [-0.2, 0) is 11.3 Å². The Morgan fingerprint density at radius 2 is 1.48 bits per heavy atom. The quantitative estimate of drug-likeness (QED) is 0.499. The topological polar surface area (TPSA) is 38.3 Å². The Morgan fingerprint density at radius 1 is 0.897 bits per heavy atom. The van der Waals surface area contributed by atoms with Gasteiger partial charge in [0.05, 0.1) is 0 Å². The van der Waals surface area contributed by atoms with Crippen molar-refractivity contribution >= 4 is 17.7 Å². The van der Waals surface area contributed by atoms with Crippen LogP contribution in [0, 0.1) is 0 Å².